The van der Waals surface area contributed by atoms with Gasteiger partial charge >= 0.3 is 0 Å². The van der Waals surface area contributed by atoms with Crippen molar-refractivity contribution in [3.05, 3.63) is 0 Å². The van der Waals surface area contributed by atoms with Crippen LogP contribution in [0.3, 0.4) is 0 Å². The van der Waals surface area contributed by atoms with E-state index in [1.807, 2.05) is 0 Å². The van der Waals surface area contributed by atoms with Crippen molar-refractivity contribution >= 4 is 26.1 Å². The monoisotopic (exact) mass is 99.0 g/mol. The molecule has 0 aromatic heterocycles. The van der Waals surface area contributed by atoms with Crippen molar-refractivity contribution in [3.63, 3.8) is 0 Å². The van der Waals surface area contributed by atoms with Crippen molar-refractivity contribution in [2.24, 2.45) is 0 Å². The van der Waals surface area contributed by atoms with Crippen LogP contribution < -0.4 is 0 Å². The van der Waals surface area contributed by atoms with Crippen LogP contribution >= 0.6 is 0 Å². The van der Waals surface area contributed by atoms with Gasteiger partial charge in [0.15, 0.2) is 0 Å². The molecule has 4 heavy (non-hydrogen) atoms. The van der Waals surface area contributed by atoms with Crippen LogP contribution in [-0.2, 0) is 0 Å². The zero-order valence-corrected chi connectivity index (χ0v) is 5.50. The first kappa shape index (κ1) is 4.65. The lowest BCUT2D eigenvalue weighted by Gasteiger charge is -1.37. The molecule has 19 valence electrons. The summed E-state index contributed by atoms with van der Waals surface area (Å²) in [5.74, 6) is 0. The third-order valence-corrected chi connectivity index (χ3v) is 3.38. The van der Waals surface area contributed by atoms with Crippen molar-refractivity contribution in [3.8, 4) is 0 Å². The maximum atomic E-state index is 3.33. The minimum absolute atomic E-state index is 0.974. The number of hydrogen-bond donors (Lipinski definition) is 0. The second-order valence-electron chi connectivity index (χ2n) is 0.375. The van der Waals surface area contributed by atoms with Gasteiger partial charge in [-0.15, -0.1) is 0 Å². The Hall–Kier alpha value is 0.651. The molecule has 0 aromatic rings. The Bertz CT molecular complexity index is 40.0. The smallest absolute Gasteiger partial charge is 0.0826 e. The number of rotatable bonds is 0. The summed E-state index contributed by atoms with van der Waals surface area (Å²) in [6, 6.07) is 0. The predicted molar refractivity (Wildman–Crippen MR) is 23.1 cm³/mol. The van der Waals surface area contributed by atoms with Gasteiger partial charge in [-0.25, -0.2) is 0 Å². The van der Waals surface area contributed by atoms with Crippen LogP contribution in [0.15, 0.2) is 0 Å². The summed E-state index contributed by atoms with van der Waals surface area (Å²) in [5, 5.41) is 0. The zero-order chi connectivity index (χ0) is 3.41. The van der Waals surface area contributed by atoms with Crippen molar-refractivity contribution in [1.29, 1.82) is 0 Å². The molecule has 3 heteroatoms. The highest BCUT2D eigenvalue weighted by Gasteiger charge is 1.30. The van der Waals surface area contributed by atoms with Gasteiger partial charge in [-0.1, -0.05) is 16.4 Å². The Labute approximate surface area is 33.4 Å². The van der Waals surface area contributed by atoms with Gasteiger partial charge in [0.05, 0.1) is 9.76 Å². The van der Waals surface area contributed by atoms with E-state index in [1.165, 1.54) is 0 Å². The number of hydrogen-bond acceptors (Lipinski definition) is 0. The van der Waals surface area contributed by atoms with Gasteiger partial charge in [-0.3, -0.25) is 0 Å². The maximum absolute atomic E-state index is 3.33. The predicted octanol–water partition coefficient (Wildman–Crippen LogP) is -0.559. The summed E-state index contributed by atoms with van der Waals surface area (Å²) in [6.07, 6.45) is 0. The van der Waals surface area contributed by atoms with Crippen LogP contribution in [0.25, 0.3) is 0 Å². The SMILES string of the molecule is C[Si]#[Si][Si]. The van der Waals surface area contributed by atoms with Crippen molar-refractivity contribution in [2.75, 3.05) is 0 Å². The first-order chi connectivity index (χ1) is 1.91. The molecular formula is CH3Si3. The lowest BCUT2D eigenvalue weighted by atomic mass is 11.9. The Morgan fingerprint density at radius 3 is 2.00 bits per heavy atom. The van der Waals surface area contributed by atoms with Crippen LogP contribution in [0.2, 0.25) is 6.55 Å². The molecule has 0 aliphatic heterocycles. The molecule has 0 unspecified atom stereocenters. The fourth-order valence-electron chi connectivity index (χ4n) is 0. The minimum atomic E-state index is 0.974. The Morgan fingerprint density at radius 2 is 2.00 bits per heavy atom. The molecule has 0 heterocycles. The van der Waals surface area contributed by atoms with Crippen molar-refractivity contribution < 1.29 is 0 Å². The van der Waals surface area contributed by atoms with Gasteiger partial charge < -0.3 is 0 Å². The largest absolute Gasteiger partial charge is 0.0888 e. The summed E-state index contributed by atoms with van der Waals surface area (Å²) in [4.78, 5) is 0. The second kappa shape index (κ2) is 3.65. The molecule has 0 atom stereocenters. The summed E-state index contributed by atoms with van der Waals surface area (Å²) >= 11 is 0. The minimum Gasteiger partial charge on any atom is -0.0826 e. The van der Waals surface area contributed by atoms with E-state index in [0.717, 1.165) is 16.4 Å². The highest BCUT2D eigenvalue weighted by molar-refractivity contribution is 6.94. The van der Waals surface area contributed by atoms with Gasteiger partial charge in [0.1, 0.15) is 0 Å². The Morgan fingerprint density at radius 1 is 1.75 bits per heavy atom. The van der Waals surface area contributed by atoms with E-state index >= 15 is 0 Å². The van der Waals surface area contributed by atoms with Gasteiger partial charge in [0.2, 0.25) is 0 Å². The fourth-order valence-corrected chi connectivity index (χ4v) is 0. The van der Waals surface area contributed by atoms with Crippen LogP contribution in [0, 0.1) is 0 Å². The normalized spacial score (nSPS) is 3.50. The van der Waals surface area contributed by atoms with E-state index in [4.69, 9.17) is 0 Å². The third-order valence-electron chi connectivity index (χ3n) is 0.125. The van der Waals surface area contributed by atoms with E-state index in [2.05, 4.69) is 16.3 Å². The lowest BCUT2D eigenvalue weighted by molar-refractivity contribution is 2.39. The van der Waals surface area contributed by atoms with E-state index in [9.17, 15) is 0 Å². The molecule has 0 nitrogen and oxygen atoms in total. The summed E-state index contributed by atoms with van der Waals surface area (Å²) in [7, 11) is 5.38. The van der Waals surface area contributed by atoms with E-state index < -0.39 is 0 Å². The van der Waals surface area contributed by atoms with Crippen LogP contribution in [0.5, 0.6) is 0 Å². The first-order valence-electron chi connectivity index (χ1n) is 1.00. The highest BCUT2D eigenvalue weighted by atomic mass is 29.2. The average molecular weight is 99.3 g/mol. The van der Waals surface area contributed by atoms with Gasteiger partial charge in [-0.05, 0) is 6.55 Å². The van der Waals surface area contributed by atoms with Crippen molar-refractivity contribution in [1.82, 2.24) is 0 Å². The van der Waals surface area contributed by atoms with Gasteiger partial charge in [0.25, 0.3) is 0 Å². The molecule has 3 radical (unpaired) electrons. The molecule has 0 fully saturated rings. The third kappa shape index (κ3) is 2.65. The lowest BCUT2D eigenvalue weighted by Crippen LogP contribution is -1.64. The van der Waals surface area contributed by atoms with E-state index in [1.54, 1.807) is 0 Å². The topological polar surface area (TPSA) is 0 Å². The average Bonchev–Trinajstić information content (AvgIpc) is 1.37. The van der Waals surface area contributed by atoms with Crippen LogP contribution in [0.1, 0.15) is 0 Å². The zero-order valence-electron chi connectivity index (χ0n) is 2.50. The Kier molecular flexibility index (Phi) is 4.24. The van der Waals surface area contributed by atoms with E-state index in [0.29, 0.717) is 0 Å². The molecule has 0 amide bonds. The van der Waals surface area contributed by atoms with Gasteiger partial charge in [0, 0.05) is 0 Å². The molecule has 0 aliphatic carbocycles. The maximum Gasteiger partial charge on any atom is 0.0888 e. The van der Waals surface area contributed by atoms with Crippen LogP contribution in [-0.4, -0.2) is 26.1 Å². The van der Waals surface area contributed by atoms with E-state index in [-0.39, 0.29) is 0 Å². The Balaban J connectivity index is 2.83. The molecule has 0 rings (SSSR count). The standard InChI is InChI=1S/CH3Si3/c1-3-4-2/h1H3. The molecule has 0 bridgehead atoms. The molecule has 0 spiro atoms. The van der Waals surface area contributed by atoms with Crippen molar-refractivity contribution in [2.45, 2.75) is 6.55 Å². The molecule has 0 aromatic carbocycles. The first-order valence-corrected chi connectivity index (χ1v) is 6.00. The second-order valence-corrected chi connectivity index (χ2v) is 5.62. The fraction of sp³-hybridized carbons (Fsp3) is 1.00. The summed E-state index contributed by atoms with van der Waals surface area (Å²) in [6.45, 7) is 2.17. The highest BCUT2D eigenvalue weighted by Crippen LogP contribution is 1.12. The van der Waals surface area contributed by atoms with Gasteiger partial charge in [-0.2, -0.15) is 0 Å². The summed E-state index contributed by atoms with van der Waals surface area (Å²) < 4.78 is 0. The quantitative estimate of drug-likeness (QED) is 0.357. The molecule has 0 N–H and O–H groups in total. The molecule has 0 saturated carbocycles. The molecule has 0 aliphatic rings. The van der Waals surface area contributed by atoms with Crippen LogP contribution in [0.4, 0.5) is 0 Å². The molecular weight excluding hydrogens is 96.3 g/mol. The summed E-state index contributed by atoms with van der Waals surface area (Å²) in [5.41, 5.74) is 0. The molecule has 0 saturated heterocycles.